The van der Waals surface area contributed by atoms with Gasteiger partial charge >= 0.3 is 8.25 Å². The van der Waals surface area contributed by atoms with Crippen LogP contribution in [0.2, 0.25) is 0 Å². The number of hydrogen-bond donors (Lipinski definition) is 2. The molecule has 0 aliphatic carbocycles. The highest BCUT2D eigenvalue weighted by Gasteiger charge is 2.15. The van der Waals surface area contributed by atoms with Gasteiger partial charge in [0.05, 0.1) is 12.5 Å². The maximum Gasteiger partial charge on any atom is 0.322 e. The molecule has 0 saturated heterocycles. The molecule has 8 heteroatoms. The molecule has 0 amide bonds. The summed E-state index contributed by atoms with van der Waals surface area (Å²) in [6.07, 6.45) is 2.12. The van der Waals surface area contributed by atoms with Crippen molar-refractivity contribution in [3.05, 3.63) is 48.3 Å². The molecule has 0 aliphatic heterocycles. The Morgan fingerprint density at radius 2 is 1.45 bits per heavy atom. The average Bonchev–Trinajstić information content (AvgIpc) is 3.01. The van der Waals surface area contributed by atoms with E-state index in [4.69, 9.17) is 29.3 Å². The van der Waals surface area contributed by atoms with Crippen LogP contribution >= 0.6 is 8.25 Å². The van der Waals surface area contributed by atoms with Crippen molar-refractivity contribution in [2.75, 3.05) is 0 Å². The van der Waals surface area contributed by atoms with Gasteiger partial charge in [0.25, 0.3) is 0 Å². The molecule has 0 fully saturated rings. The van der Waals surface area contributed by atoms with Crippen LogP contribution in [0.25, 0.3) is 0 Å². The van der Waals surface area contributed by atoms with Crippen LogP contribution in [0, 0.1) is 0 Å². The van der Waals surface area contributed by atoms with E-state index in [9.17, 15) is 4.57 Å². The molecule has 0 aliphatic rings. The van der Waals surface area contributed by atoms with Gasteiger partial charge in [0.15, 0.2) is 0 Å². The molecular formula is C12H17N2O5P. The topological polar surface area (TPSA) is 114 Å². The van der Waals surface area contributed by atoms with Crippen LogP contribution < -0.4 is 11.5 Å². The monoisotopic (exact) mass is 300 g/mol. The molecule has 2 aromatic heterocycles. The van der Waals surface area contributed by atoms with Crippen molar-refractivity contribution in [3.8, 4) is 0 Å². The largest absolute Gasteiger partial charge is 0.469 e. The second kappa shape index (κ2) is 7.42. The molecule has 0 spiro atoms. The summed E-state index contributed by atoms with van der Waals surface area (Å²) in [4.78, 5) is 0. The van der Waals surface area contributed by atoms with Gasteiger partial charge in [-0.2, -0.15) is 0 Å². The maximum atomic E-state index is 11.6. The molecule has 2 aromatic rings. The Kier molecular flexibility index (Phi) is 5.58. The van der Waals surface area contributed by atoms with Gasteiger partial charge < -0.3 is 20.3 Å². The van der Waals surface area contributed by atoms with Crippen molar-refractivity contribution in [1.29, 1.82) is 0 Å². The molecule has 20 heavy (non-hydrogen) atoms. The van der Waals surface area contributed by atoms with Crippen molar-refractivity contribution in [1.82, 2.24) is 0 Å². The lowest BCUT2D eigenvalue weighted by atomic mass is 10.3. The Morgan fingerprint density at radius 1 is 1.00 bits per heavy atom. The predicted octanol–water partition coefficient (Wildman–Crippen LogP) is 1.65. The number of furan rings is 2. The zero-order valence-electron chi connectivity index (χ0n) is 10.7. The molecule has 0 saturated carbocycles. The van der Waals surface area contributed by atoms with Crippen molar-refractivity contribution >= 4 is 8.25 Å². The SMILES string of the molecule is NC(Cc1ccco1)O[PH](=O)OC(N)Cc1ccco1. The Labute approximate surface area is 116 Å². The van der Waals surface area contributed by atoms with E-state index in [0.717, 1.165) is 0 Å². The van der Waals surface area contributed by atoms with E-state index in [0.29, 0.717) is 24.4 Å². The minimum Gasteiger partial charge on any atom is -0.469 e. The summed E-state index contributed by atoms with van der Waals surface area (Å²) in [5, 5.41) is 0. The highest BCUT2D eigenvalue weighted by molar-refractivity contribution is 7.33. The minimum absolute atomic E-state index is 0.306. The standard InChI is InChI=1S/C12H17N2O5P/c13-11(7-9-3-1-5-16-9)18-20(15)19-12(14)8-10-4-2-6-17-10/h1-6,11-12,20H,7-8,13-14H2. The van der Waals surface area contributed by atoms with Crippen LogP contribution in [0.1, 0.15) is 11.5 Å². The van der Waals surface area contributed by atoms with E-state index < -0.39 is 20.7 Å². The third-order valence-electron chi connectivity index (χ3n) is 2.46. The van der Waals surface area contributed by atoms with E-state index in [1.54, 1.807) is 24.3 Å². The molecule has 7 nitrogen and oxygen atoms in total. The molecular weight excluding hydrogens is 283 g/mol. The van der Waals surface area contributed by atoms with Crippen molar-refractivity contribution in [3.63, 3.8) is 0 Å². The summed E-state index contributed by atoms with van der Waals surface area (Å²) < 4.78 is 31.9. The highest BCUT2D eigenvalue weighted by atomic mass is 31.1. The van der Waals surface area contributed by atoms with Gasteiger partial charge in [-0.25, -0.2) is 0 Å². The minimum atomic E-state index is -2.78. The molecule has 2 unspecified atom stereocenters. The van der Waals surface area contributed by atoms with E-state index in [2.05, 4.69) is 0 Å². The Morgan fingerprint density at radius 3 is 1.80 bits per heavy atom. The normalized spacial score (nSPS) is 15.9. The Bertz CT molecular complexity index is 468. The Balaban J connectivity index is 1.71. The van der Waals surface area contributed by atoms with Gasteiger partial charge in [-0.1, -0.05) is 0 Å². The van der Waals surface area contributed by atoms with E-state index >= 15 is 0 Å². The fourth-order valence-corrected chi connectivity index (χ4v) is 2.33. The van der Waals surface area contributed by atoms with Crippen LogP contribution in [0.5, 0.6) is 0 Å². The van der Waals surface area contributed by atoms with E-state index in [1.165, 1.54) is 12.5 Å². The summed E-state index contributed by atoms with van der Waals surface area (Å²) in [6, 6.07) is 6.98. The maximum absolute atomic E-state index is 11.6. The fourth-order valence-electron chi connectivity index (χ4n) is 1.61. The number of rotatable bonds is 8. The number of hydrogen-bond acceptors (Lipinski definition) is 7. The van der Waals surface area contributed by atoms with Gasteiger partial charge in [-0.3, -0.25) is 13.6 Å². The molecule has 4 N–H and O–H groups in total. The molecule has 2 rings (SSSR count). The lowest BCUT2D eigenvalue weighted by molar-refractivity contribution is 0.129. The van der Waals surface area contributed by atoms with Gasteiger partial charge in [0.2, 0.25) is 0 Å². The predicted molar refractivity (Wildman–Crippen MR) is 71.9 cm³/mol. The smallest absolute Gasteiger partial charge is 0.322 e. The summed E-state index contributed by atoms with van der Waals surface area (Å²) >= 11 is 0. The van der Waals surface area contributed by atoms with Crippen LogP contribution in [-0.2, 0) is 26.5 Å². The quantitative estimate of drug-likeness (QED) is 0.562. The number of nitrogens with two attached hydrogens (primary N) is 2. The average molecular weight is 300 g/mol. The first-order valence-corrected chi connectivity index (χ1v) is 7.29. The molecule has 0 radical (unpaired) electrons. The molecule has 0 aromatic carbocycles. The third-order valence-corrected chi connectivity index (χ3v) is 3.45. The summed E-state index contributed by atoms with van der Waals surface area (Å²) in [6.45, 7) is 0. The van der Waals surface area contributed by atoms with Crippen LogP contribution in [0.3, 0.4) is 0 Å². The van der Waals surface area contributed by atoms with Crippen molar-refractivity contribution < 1.29 is 22.4 Å². The first-order valence-electron chi connectivity index (χ1n) is 6.06. The van der Waals surface area contributed by atoms with Gasteiger partial charge in [0.1, 0.15) is 24.0 Å². The highest BCUT2D eigenvalue weighted by Crippen LogP contribution is 2.27. The van der Waals surface area contributed by atoms with Crippen LogP contribution in [0.4, 0.5) is 0 Å². The van der Waals surface area contributed by atoms with E-state index in [-0.39, 0.29) is 0 Å². The zero-order chi connectivity index (χ0) is 14.4. The van der Waals surface area contributed by atoms with E-state index in [1.807, 2.05) is 0 Å². The summed E-state index contributed by atoms with van der Waals surface area (Å²) in [5.41, 5.74) is 11.4. The first kappa shape index (κ1) is 15.0. The second-order valence-electron chi connectivity index (χ2n) is 4.13. The molecule has 2 heterocycles. The Hall–Kier alpha value is -1.37. The summed E-state index contributed by atoms with van der Waals surface area (Å²) in [7, 11) is -2.78. The van der Waals surface area contributed by atoms with Crippen LogP contribution in [0.15, 0.2) is 45.6 Å². The zero-order valence-corrected chi connectivity index (χ0v) is 11.7. The van der Waals surface area contributed by atoms with Crippen molar-refractivity contribution in [2.24, 2.45) is 11.5 Å². The van der Waals surface area contributed by atoms with Crippen molar-refractivity contribution in [2.45, 2.75) is 25.3 Å². The van der Waals surface area contributed by atoms with Crippen LogP contribution in [-0.4, -0.2) is 12.5 Å². The molecule has 110 valence electrons. The summed E-state index contributed by atoms with van der Waals surface area (Å²) in [5.74, 6) is 1.29. The van der Waals surface area contributed by atoms with Gasteiger partial charge in [0, 0.05) is 12.8 Å². The first-order chi connectivity index (χ1) is 9.63. The fraction of sp³-hybridized carbons (Fsp3) is 0.333. The lowest BCUT2D eigenvalue weighted by Gasteiger charge is -2.14. The molecule has 2 atom stereocenters. The third kappa shape index (κ3) is 4.96. The van der Waals surface area contributed by atoms with Gasteiger partial charge in [-0.05, 0) is 24.3 Å². The lowest BCUT2D eigenvalue weighted by Crippen LogP contribution is -2.27. The molecule has 0 bridgehead atoms. The van der Waals surface area contributed by atoms with Gasteiger partial charge in [-0.15, -0.1) is 0 Å². The second-order valence-corrected chi connectivity index (χ2v) is 5.10.